The average molecular weight is 312 g/mol. The molecular weight excluding hydrogens is 294 g/mol. The number of rotatable bonds is 2. The summed E-state index contributed by atoms with van der Waals surface area (Å²) in [5.41, 5.74) is 3.53. The van der Waals surface area contributed by atoms with Crippen LogP contribution in [0.5, 0.6) is 5.75 Å². The van der Waals surface area contributed by atoms with Crippen molar-refractivity contribution in [3.8, 4) is 5.75 Å². The lowest BCUT2D eigenvalue weighted by Gasteiger charge is -2.38. The average Bonchev–Trinajstić information content (AvgIpc) is 3.04. The fourth-order valence-corrected chi connectivity index (χ4v) is 4.08. The predicted molar refractivity (Wildman–Crippen MR) is 90.8 cm³/mol. The van der Waals surface area contributed by atoms with E-state index in [2.05, 4.69) is 47.8 Å². The van der Waals surface area contributed by atoms with Crippen LogP contribution in [0.3, 0.4) is 0 Å². The van der Waals surface area contributed by atoms with Crippen LogP contribution >= 0.6 is 11.6 Å². The maximum absolute atomic E-state index is 6.50. The molecule has 2 aliphatic rings. The molecule has 2 aromatic carbocycles. The maximum atomic E-state index is 6.50. The van der Waals surface area contributed by atoms with Crippen molar-refractivity contribution in [2.24, 2.45) is 5.92 Å². The number of halogens is 1. The Labute approximate surface area is 135 Å². The second kappa shape index (κ2) is 5.36. The van der Waals surface area contributed by atoms with Gasteiger partial charge >= 0.3 is 0 Å². The lowest BCUT2D eigenvalue weighted by Crippen LogP contribution is -2.29. The molecule has 0 radical (unpaired) electrons. The minimum atomic E-state index is 0.279. The van der Waals surface area contributed by atoms with E-state index in [4.69, 9.17) is 16.3 Å². The minimum absolute atomic E-state index is 0.279. The van der Waals surface area contributed by atoms with Gasteiger partial charge in [-0.2, -0.15) is 0 Å². The van der Waals surface area contributed by atoms with Crippen molar-refractivity contribution < 1.29 is 4.74 Å². The zero-order valence-corrected chi connectivity index (χ0v) is 13.2. The normalized spacial score (nSPS) is 25.3. The number of hydrogen-bond acceptors (Lipinski definition) is 2. The molecule has 112 valence electrons. The van der Waals surface area contributed by atoms with Crippen molar-refractivity contribution in [3.05, 3.63) is 70.8 Å². The molecule has 1 N–H and O–H groups in total. The molecule has 3 atom stereocenters. The third-order valence-corrected chi connectivity index (χ3v) is 5.14. The van der Waals surface area contributed by atoms with Crippen LogP contribution in [-0.2, 0) is 0 Å². The summed E-state index contributed by atoms with van der Waals surface area (Å²) in [6, 6.07) is 14.8. The Hall–Kier alpha value is -1.93. The first-order valence-corrected chi connectivity index (χ1v) is 8.02. The molecule has 2 nitrogen and oxygen atoms in total. The zero-order chi connectivity index (χ0) is 15.1. The predicted octanol–water partition coefficient (Wildman–Crippen LogP) is 5.18. The van der Waals surface area contributed by atoms with E-state index < -0.39 is 0 Å². The molecule has 4 rings (SSSR count). The number of fused-ring (bicyclic) bond motifs is 3. The molecular formula is C19H18ClNO. The number of ether oxygens (including phenoxy) is 1. The van der Waals surface area contributed by atoms with Gasteiger partial charge in [-0.25, -0.2) is 0 Å². The van der Waals surface area contributed by atoms with Crippen LogP contribution < -0.4 is 10.1 Å². The molecule has 22 heavy (non-hydrogen) atoms. The van der Waals surface area contributed by atoms with Crippen LogP contribution in [0.4, 0.5) is 5.69 Å². The first-order chi connectivity index (χ1) is 10.8. The molecule has 3 heteroatoms. The van der Waals surface area contributed by atoms with Gasteiger partial charge in [-0.3, -0.25) is 0 Å². The highest BCUT2D eigenvalue weighted by molar-refractivity contribution is 6.32. The quantitative estimate of drug-likeness (QED) is 0.772. The van der Waals surface area contributed by atoms with Crippen molar-refractivity contribution in [3.63, 3.8) is 0 Å². The number of methoxy groups -OCH3 is 1. The fourth-order valence-electron chi connectivity index (χ4n) is 3.80. The Morgan fingerprint density at radius 1 is 1.14 bits per heavy atom. The Bertz CT molecular complexity index is 726. The highest BCUT2D eigenvalue weighted by Gasteiger charge is 2.40. The van der Waals surface area contributed by atoms with E-state index in [0.29, 0.717) is 11.8 Å². The van der Waals surface area contributed by atoms with Crippen LogP contribution in [0.25, 0.3) is 0 Å². The smallest absolute Gasteiger partial charge is 0.142 e. The van der Waals surface area contributed by atoms with Gasteiger partial charge in [0.1, 0.15) is 5.75 Å². The SMILES string of the molecule is COc1ccc(Cl)c2c1N[C@H](c1ccccc1)[C@H]1CC=C[C@H]21. The Morgan fingerprint density at radius 3 is 2.73 bits per heavy atom. The minimum Gasteiger partial charge on any atom is -0.495 e. The Balaban J connectivity index is 1.87. The van der Waals surface area contributed by atoms with Crippen LogP contribution in [0.1, 0.15) is 29.5 Å². The second-order valence-electron chi connectivity index (χ2n) is 5.92. The molecule has 0 bridgehead atoms. The van der Waals surface area contributed by atoms with Gasteiger partial charge in [0.2, 0.25) is 0 Å². The number of nitrogens with one attached hydrogen (secondary N) is 1. The summed E-state index contributed by atoms with van der Waals surface area (Å²) in [4.78, 5) is 0. The first kappa shape index (κ1) is 13.7. The van der Waals surface area contributed by atoms with Crippen LogP contribution in [-0.4, -0.2) is 7.11 Å². The van der Waals surface area contributed by atoms with Gasteiger partial charge in [0.15, 0.2) is 0 Å². The van der Waals surface area contributed by atoms with Crippen molar-refractivity contribution in [2.45, 2.75) is 18.4 Å². The van der Waals surface area contributed by atoms with Gasteiger partial charge < -0.3 is 10.1 Å². The molecule has 0 fully saturated rings. The molecule has 1 heterocycles. The monoisotopic (exact) mass is 311 g/mol. The molecule has 0 amide bonds. The standard InChI is InChI=1S/C19H18ClNO/c1-22-16-11-10-15(20)17-13-8-5-9-14(13)18(21-19(16)17)12-6-3-2-4-7-12/h2-8,10-11,13-14,18,21H,9H2,1H3/t13-,14-,18+/m0/s1. The van der Waals surface area contributed by atoms with Crippen molar-refractivity contribution in [2.75, 3.05) is 12.4 Å². The van der Waals surface area contributed by atoms with Gasteiger partial charge in [0, 0.05) is 16.5 Å². The Morgan fingerprint density at radius 2 is 1.95 bits per heavy atom. The summed E-state index contributed by atoms with van der Waals surface area (Å²) < 4.78 is 5.56. The summed E-state index contributed by atoms with van der Waals surface area (Å²) in [5, 5.41) is 4.51. The largest absolute Gasteiger partial charge is 0.495 e. The number of hydrogen-bond donors (Lipinski definition) is 1. The molecule has 0 spiro atoms. The highest BCUT2D eigenvalue weighted by Crippen LogP contribution is 2.54. The van der Waals surface area contributed by atoms with Crippen molar-refractivity contribution >= 4 is 17.3 Å². The molecule has 0 saturated carbocycles. The summed E-state index contributed by atoms with van der Waals surface area (Å²) in [7, 11) is 1.71. The van der Waals surface area contributed by atoms with E-state index in [0.717, 1.165) is 22.9 Å². The van der Waals surface area contributed by atoms with Gasteiger partial charge in [0.05, 0.1) is 18.8 Å². The third-order valence-electron chi connectivity index (χ3n) is 4.81. The van der Waals surface area contributed by atoms with Crippen molar-refractivity contribution in [1.82, 2.24) is 0 Å². The maximum Gasteiger partial charge on any atom is 0.142 e. The van der Waals surface area contributed by atoms with Crippen LogP contribution in [0.15, 0.2) is 54.6 Å². The van der Waals surface area contributed by atoms with E-state index in [1.807, 2.05) is 12.1 Å². The lowest BCUT2D eigenvalue weighted by molar-refractivity contribution is 0.397. The third kappa shape index (κ3) is 2.02. The van der Waals surface area contributed by atoms with Gasteiger partial charge in [-0.1, -0.05) is 54.1 Å². The highest BCUT2D eigenvalue weighted by atomic mass is 35.5. The zero-order valence-electron chi connectivity index (χ0n) is 12.4. The van der Waals surface area contributed by atoms with E-state index in [9.17, 15) is 0 Å². The van der Waals surface area contributed by atoms with Crippen LogP contribution in [0.2, 0.25) is 5.02 Å². The van der Waals surface area contributed by atoms with Gasteiger partial charge in [0.25, 0.3) is 0 Å². The topological polar surface area (TPSA) is 21.3 Å². The van der Waals surface area contributed by atoms with Gasteiger partial charge in [-0.15, -0.1) is 0 Å². The molecule has 1 aliphatic heterocycles. The second-order valence-corrected chi connectivity index (χ2v) is 6.33. The van der Waals surface area contributed by atoms with E-state index in [-0.39, 0.29) is 6.04 Å². The van der Waals surface area contributed by atoms with Gasteiger partial charge in [-0.05, 0) is 30.0 Å². The molecule has 0 aromatic heterocycles. The van der Waals surface area contributed by atoms with E-state index in [1.54, 1.807) is 7.11 Å². The summed E-state index contributed by atoms with van der Waals surface area (Å²) >= 11 is 6.50. The molecule has 0 saturated heterocycles. The van der Waals surface area contributed by atoms with Crippen molar-refractivity contribution in [1.29, 1.82) is 0 Å². The Kier molecular flexibility index (Phi) is 3.34. The molecule has 2 aromatic rings. The number of anilines is 1. The summed E-state index contributed by atoms with van der Waals surface area (Å²) in [5.74, 6) is 1.71. The lowest BCUT2D eigenvalue weighted by atomic mass is 9.77. The number of benzene rings is 2. The first-order valence-electron chi connectivity index (χ1n) is 7.64. The van der Waals surface area contributed by atoms with E-state index >= 15 is 0 Å². The number of allylic oxidation sites excluding steroid dienone is 2. The summed E-state index contributed by atoms with van der Waals surface area (Å²) in [6.45, 7) is 0. The fraction of sp³-hybridized carbons (Fsp3) is 0.263. The van der Waals surface area contributed by atoms with E-state index in [1.165, 1.54) is 11.1 Å². The molecule has 0 unspecified atom stereocenters. The summed E-state index contributed by atoms with van der Waals surface area (Å²) in [6.07, 6.45) is 5.65. The van der Waals surface area contributed by atoms with Crippen LogP contribution in [0, 0.1) is 5.92 Å². The molecule has 1 aliphatic carbocycles.